The molecule has 5 heteroatoms. The molecule has 112 valence electrons. The lowest BCUT2D eigenvalue weighted by atomic mass is 9.88. The van der Waals surface area contributed by atoms with Crippen LogP contribution in [0.15, 0.2) is 29.2 Å². The first-order chi connectivity index (χ1) is 9.18. The molecule has 0 bridgehead atoms. The molecule has 0 aromatic heterocycles. The highest BCUT2D eigenvalue weighted by Crippen LogP contribution is 2.29. The molecule has 1 aromatic rings. The minimum Gasteiger partial charge on any atom is -0.208 e. The quantitative estimate of drug-likeness (QED) is 0.818. The van der Waals surface area contributed by atoms with E-state index >= 15 is 0 Å². The van der Waals surface area contributed by atoms with Crippen LogP contribution in [-0.4, -0.2) is 19.3 Å². The van der Waals surface area contributed by atoms with Gasteiger partial charge in [-0.25, -0.2) is 13.1 Å². The second-order valence-corrected chi connectivity index (χ2v) is 9.40. The van der Waals surface area contributed by atoms with Crippen molar-refractivity contribution in [2.24, 2.45) is 5.41 Å². The van der Waals surface area contributed by atoms with Gasteiger partial charge in [-0.3, -0.25) is 0 Å². The maximum atomic E-state index is 12.1. The zero-order valence-electron chi connectivity index (χ0n) is 12.2. The first kappa shape index (κ1) is 16.0. The lowest BCUT2D eigenvalue weighted by Crippen LogP contribution is -2.25. The molecule has 1 N–H and O–H groups in total. The summed E-state index contributed by atoms with van der Waals surface area (Å²) in [5.74, 6) is 0. The summed E-state index contributed by atoms with van der Waals surface area (Å²) in [4.78, 5) is 0.720. The topological polar surface area (TPSA) is 46.2 Å². The number of benzene rings is 1. The van der Waals surface area contributed by atoms with Crippen LogP contribution >= 0.6 is 15.9 Å². The number of sulfonamides is 1. The minimum absolute atomic E-state index is 0.146. The van der Waals surface area contributed by atoms with Crippen LogP contribution in [0.1, 0.15) is 39.2 Å². The van der Waals surface area contributed by atoms with Crippen LogP contribution in [0.2, 0.25) is 0 Å². The second kappa shape index (κ2) is 5.78. The van der Waals surface area contributed by atoms with Gasteiger partial charge in [0.15, 0.2) is 0 Å². The first-order valence-electron chi connectivity index (χ1n) is 6.94. The van der Waals surface area contributed by atoms with E-state index in [1.165, 1.54) is 0 Å². The second-order valence-electron chi connectivity index (χ2n) is 6.58. The standard InChI is InChI=1S/C15H22BrNO2S/c1-15(2,3)14(16)10-11-4-8-13(9-5-11)20(18,19)17-12-6-7-12/h4-5,8-9,12,14,17H,6-7,10H2,1-3H3. The van der Waals surface area contributed by atoms with Gasteiger partial charge in [0.1, 0.15) is 0 Å². The number of alkyl halides is 1. The van der Waals surface area contributed by atoms with Crippen LogP contribution in [-0.2, 0) is 16.4 Å². The van der Waals surface area contributed by atoms with Crippen molar-refractivity contribution in [2.75, 3.05) is 0 Å². The number of hydrogen-bond acceptors (Lipinski definition) is 2. The van der Waals surface area contributed by atoms with E-state index in [1.54, 1.807) is 12.1 Å². The molecule has 0 spiro atoms. The molecular weight excluding hydrogens is 338 g/mol. The Hall–Kier alpha value is -0.390. The van der Waals surface area contributed by atoms with Gasteiger partial charge in [-0.2, -0.15) is 0 Å². The van der Waals surface area contributed by atoms with Crippen LogP contribution in [0.3, 0.4) is 0 Å². The van der Waals surface area contributed by atoms with E-state index in [4.69, 9.17) is 0 Å². The van der Waals surface area contributed by atoms with E-state index in [0.29, 0.717) is 9.72 Å². The summed E-state index contributed by atoms with van der Waals surface area (Å²) in [6, 6.07) is 7.35. The van der Waals surface area contributed by atoms with Crippen molar-refractivity contribution < 1.29 is 8.42 Å². The Morgan fingerprint density at radius 1 is 1.25 bits per heavy atom. The molecule has 0 saturated heterocycles. The Kier molecular flexibility index (Phi) is 4.62. The molecule has 0 radical (unpaired) electrons. The summed E-state index contributed by atoms with van der Waals surface area (Å²) < 4.78 is 26.8. The molecule has 1 unspecified atom stereocenters. The smallest absolute Gasteiger partial charge is 0.208 e. The molecular formula is C15H22BrNO2S. The van der Waals surface area contributed by atoms with Crippen molar-refractivity contribution in [3.8, 4) is 0 Å². The molecule has 20 heavy (non-hydrogen) atoms. The van der Waals surface area contributed by atoms with Gasteiger partial charge in [0.05, 0.1) is 4.90 Å². The van der Waals surface area contributed by atoms with Gasteiger partial charge in [0.25, 0.3) is 0 Å². The molecule has 1 aliphatic rings. The highest BCUT2D eigenvalue weighted by Gasteiger charge is 2.28. The summed E-state index contributed by atoms with van der Waals surface area (Å²) in [7, 11) is -3.33. The van der Waals surface area contributed by atoms with Crippen LogP contribution in [0.5, 0.6) is 0 Å². The molecule has 0 aliphatic heterocycles. The average Bonchev–Trinajstić information content (AvgIpc) is 3.11. The lowest BCUT2D eigenvalue weighted by molar-refractivity contribution is 0.398. The third-order valence-corrected chi connectivity index (χ3v) is 6.72. The van der Waals surface area contributed by atoms with Crippen LogP contribution in [0, 0.1) is 5.41 Å². The van der Waals surface area contributed by atoms with Gasteiger partial charge >= 0.3 is 0 Å². The Morgan fingerprint density at radius 3 is 2.25 bits per heavy atom. The van der Waals surface area contributed by atoms with Gasteiger partial charge in [0, 0.05) is 10.9 Å². The summed E-state index contributed by atoms with van der Waals surface area (Å²) in [5, 5.41) is 0. The van der Waals surface area contributed by atoms with Gasteiger partial charge in [0.2, 0.25) is 10.0 Å². The van der Waals surface area contributed by atoms with Crippen molar-refractivity contribution >= 4 is 26.0 Å². The van der Waals surface area contributed by atoms with E-state index in [0.717, 1.165) is 24.8 Å². The predicted octanol–water partition coefficient (Wildman–Crippen LogP) is 3.48. The van der Waals surface area contributed by atoms with Crippen LogP contribution < -0.4 is 4.72 Å². The van der Waals surface area contributed by atoms with E-state index in [1.807, 2.05) is 12.1 Å². The minimum atomic E-state index is -3.33. The molecule has 1 atom stereocenters. The van der Waals surface area contributed by atoms with Crippen molar-refractivity contribution in [3.63, 3.8) is 0 Å². The third kappa shape index (κ3) is 4.30. The SMILES string of the molecule is CC(C)(C)C(Br)Cc1ccc(S(=O)(=O)NC2CC2)cc1. The Bertz CT molecular complexity index is 557. The molecule has 0 amide bonds. The normalized spacial score (nSPS) is 18.0. The first-order valence-corrected chi connectivity index (χ1v) is 9.34. The fraction of sp³-hybridized carbons (Fsp3) is 0.600. The maximum absolute atomic E-state index is 12.1. The Labute approximate surface area is 130 Å². The van der Waals surface area contributed by atoms with Gasteiger partial charge < -0.3 is 0 Å². The van der Waals surface area contributed by atoms with Crippen molar-refractivity contribution in [1.82, 2.24) is 4.72 Å². The monoisotopic (exact) mass is 359 g/mol. The predicted molar refractivity (Wildman–Crippen MR) is 85.7 cm³/mol. The molecule has 1 saturated carbocycles. The van der Waals surface area contributed by atoms with Gasteiger partial charge in [-0.15, -0.1) is 0 Å². The number of halogens is 1. The highest BCUT2D eigenvalue weighted by atomic mass is 79.9. The number of hydrogen-bond donors (Lipinski definition) is 1. The van der Waals surface area contributed by atoms with Gasteiger partial charge in [-0.05, 0) is 42.4 Å². The van der Waals surface area contributed by atoms with Crippen molar-refractivity contribution in [1.29, 1.82) is 0 Å². The number of nitrogens with one attached hydrogen (secondary N) is 1. The molecule has 3 nitrogen and oxygen atoms in total. The summed E-state index contributed by atoms with van der Waals surface area (Å²) in [5.41, 5.74) is 1.32. The summed E-state index contributed by atoms with van der Waals surface area (Å²) in [6.07, 6.45) is 2.79. The third-order valence-electron chi connectivity index (χ3n) is 3.49. The zero-order chi connectivity index (χ0) is 15.0. The van der Waals surface area contributed by atoms with Crippen LogP contribution in [0.4, 0.5) is 0 Å². The number of rotatable bonds is 5. The highest BCUT2D eigenvalue weighted by molar-refractivity contribution is 9.09. The lowest BCUT2D eigenvalue weighted by Gasteiger charge is -2.25. The van der Waals surface area contributed by atoms with Crippen LogP contribution in [0.25, 0.3) is 0 Å². The molecule has 1 aromatic carbocycles. The van der Waals surface area contributed by atoms with E-state index in [2.05, 4.69) is 41.4 Å². The molecule has 1 aliphatic carbocycles. The van der Waals surface area contributed by atoms with Crippen molar-refractivity contribution in [2.45, 2.75) is 55.8 Å². The maximum Gasteiger partial charge on any atom is 0.240 e. The fourth-order valence-electron chi connectivity index (χ4n) is 1.81. The summed E-state index contributed by atoms with van der Waals surface area (Å²) >= 11 is 3.70. The average molecular weight is 360 g/mol. The van der Waals surface area contributed by atoms with E-state index < -0.39 is 10.0 Å². The fourth-order valence-corrected chi connectivity index (χ4v) is 3.49. The van der Waals surface area contributed by atoms with E-state index in [-0.39, 0.29) is 11.5 Å². The van der Waals surface area contributed by atoms with E-state index in [9.17, 15) is 8.42 Å². The molecule has 1 fully saturated rings. The molecule has 0 heterocycles. The Balaban J connectivity index is 2.06. The van der Waals surface area contributed by atoms with Crippen molar-refractivity contribution in [3.05, 3.63) is 29.8 Å². The van der Waals surface area contributed by atoms with Gasteiger partial charge in [-0.1, -0.05) is 48.8 Å². The zero-order valence-corrected chi connectivity index (χ0v) is 14.6. The molecule has 2 rings (SSSR count). The Morgan fingerprint density at radius 2 is 1.80 bits per heavy atom. The largest absolute Gasteiger partial charge is 0.240 e. The summed E-state index contributed by atoms with van der Waals surface area (Å²) in [6.45, 7) is 6.56.